The van der Waals surface area contributed by atoms with Crippen molar-refractivity contribution in [3.05, 3.63) is 75.5 Å². The zero-order chi connectivity index (χ0) is 21.0. The summed E-state index contributed by atoms with van der Waals surface area (Å²) >= 11 is 6.16. The Morgan fingerprint density at radius 2 is 1.79 bits per heavy atom. The molecule has 3 aromatic rings. The van der Waals surface area contributed by atoms with Gasteiger partial charge in [-0.15, -0.1) is 0 Å². The number of ether oxygens (including phenoxy) is 1. The van der Waals surface area contributed by atoms with Crippen LogP contribution in [0.2, 0.25) is 5.02 Å². The third kappa shape index (κ3) is 5.06. The minimum absolute atomic E-state index is 0.117. The second-order valence-electron chi connectivity index (χ2n) is 6.90. The van der Waals surface area contributed by atoms with Crippen LogP contribution in [-0.2, 0) is 4.79 Å². The standard InChI is InChI=1S/C23H23ClN2O3/c1-14-5-6-16(3)23(17(14)4)28-13-22(27)26-25-12-19-9-10-21(29-19)18-8-7-15(2)20(24)11-18/h5-12H,13H2,1-4H3,(H,26,27)/b25-12-. The molecule has 0 fully saturated rings. The second-order valence-corrected chi connectivity index (χ2v) is 7.31. The third-order valence-corrected chi connectivity index (χ3v) is 5.09. The molecule has 0 atom stereocenters. The normalized spacial score (nSPS) is 11.1. The van der Waals surface area contributed by atoms with Crippen molar-refractivity contribution < 1.29 is 13.9 Å². The Kier molecular flexibility index (Phi) is 6.39. The first-order chi connectivity index (χ1) is 13.8. The number of nitrogens with one attached hydrogen (secondary N) is 1. The van der Waals surface area contributed by atoms with Crippen LogP contribution in [0.25, 0.3) is 11.3 Å². The van der Waals surface area contributed by atoms with Gasteiger partial charge in [0.15, 0.2) is 6.61 Å². The number of furan rings is 1. The zero-order valence-electron chi connectivity index (χ0n) is 16.9. The van der Waals surface area contributed by atoms with E-state index in [2.05, 4.69) is 10.5 Å². The summed E-state index contributed by atoms with van der Waals surface area (Å²) in [7, 11) is 0. The van der Waals surface area contributed by atoms with Crippen LogP contribution in [0, 0.1) is 27.7 Å². The molecule has 0 aliphatic heterocycles. The zero-order valence-corrected chi connectivity index (χ0v) is 17.6. The van der Waals surface area contributed by atoms with Gasteiger partial charge >= 0.3 is 0 Å². The number of amides is 1. The molecule has 1 amide bonds. The molecular formula is C23H23ClN2O3. The fourth-order valence-electron chi connectivity index (χ4n) is 2.81. The smallest absolute Gasteiger partial charge is 0.277 e. The lowest BCUT2D eigenvalue weighted by Gasteiger charge is -2.13. The van der Waals surface area contributed by atoms with E-state index in [1.54, 1.807) is 6.07 Å². The molecule has 0 bridgehead atoms. The molecule has 0 radical (unpaired) electrons. The van der Waals surface area contributed by atoms with Crippen molar-refractivity contribution in [2.75, 3.05) is 6.61 Å². The fraction of sp³-hybridized carbons (Fsp3) is 0.217. The van der Waals surface area contributed by atoms with Gasteiger partial charge in [0.1, 0.15) is 17.3 Å². The Hall–Kier alpha value is -3.05. The molecule has 2 aromatic carbocycles. The maximum atomic E-state index is 12.0. The Morgan fingerprint density at radius 3 is 2.55 bits per heavy atom. The second kappa shape index (κ2) is 8.97. The Bertz CT molecular complexity index is 1070. The highest BCUT2D eigenvalue weighted by Gasteiger charge is 2.09. The Labute approximate surface area is 175 Å². The van der Waals surface area contributed by atoms with Crippen molar-refractivity contribution in [3.8, 4) is 17.1 Å². The lowest BCUT2D eigenvalue weighted by molar-refractivity contribution is -0.123. The van der Waals surface area contributed by atoms with Crippen LogP contribution in [0.5, 0.6) is 5.75 Å². The van der Waals surface area contributed by atoms with Crippen molar-refractivity contribution in [3.63, 3.8) is 0 Å². The number of nitrogens with zero attached hydrogens (tertiary/aromatic N) is 1. The molecule has 6 heteroatoms. The van der Waals surface area contributed by atoms with Crippen LogP contribution in [0.15, 0.2) is 52.0 Å². The van der Waals surface area contributed by atoms with E-state index in [9.17, 15) is 4.79 Å². The van der Waals surface area contributed by atoms with Gasteiger partial charge in [-0.05, 0) is 68.1 Å². The molecule has 1 heterocycles. The third-order valence-electron chi connectivity index (χ3n) is 4.69. The molecule has 0 spiro atoms. The van der Waals surface area contributed by atoms with Crippen LogP contribution in [0.4, 0.5) is 0 Å². The number of hydrogen-bond donors (Lipinski definition) is 1. The molecule has 0 aliphatic rings. The first kappa shape index (κ1) is 20.7. The van der Waals surface area contributed by atoms with Gasteiger partial charge in [-0.3, -0.25) is 4.79 Å². The monoisotopic (exact) mass is 410 g/mol. The van der Waals surface area contributed by atoms with E-state index >= 15 is 0 Å². The molecule has 29 heavy (non-hydrogen) atoms. The van der Waals surface area contributed by atoms with Crippen molar-refractivity contribution in [2.45, 2.75) is 27.7 Å². The molecule has 1 N–H and O–H groups in total. The van der Waals surface area contributed by atoms with Gasteiger partial charge in [-0.2, -0.15) is 5.10 Å². The molecule has 0 saturated carbocycles. The topological polar surface area (TPSA) is 63.8 Å². The number of halogens is 1. The summed E-state index contributed by atoms with van der Waals surface area (Å²) in [4.78, 5) is 12.0. The van der Waals surface area contributed by atoms with Crippen molar-refractivity contribution in [1.29, 1.82) is 0 Å². The van der Waals surface area contributed by atoms with E-state index in [0.29, 0.717) is 16.5 Å². The predicted molar refractivity (Wildman–Crippen MR) is 116 cm³/mol. The number of aryl methyl sites for hydroxylation is 3. The highest BCUT2D eigenvalue weighted by atomic mass is 35.5. The molecule has 5 nitrogen and oxygen atoms in total. The molecule has 1 aromatic heterocycles. The largest absolute Gasteiger partial charge is 0.483 e. The van der Waals surface area contributed by atoms with E-state index in [0.717, 1.165) is 33.6 Å². The molecule has 0 saturated heterocycles. The number of rotatable bonds is 6. The van der Waals surface area contributed by atoms with E-state index in [1.165, 1.54) is 6.21 Å². The first-order valence-electron chi connectivity index (χ1n) is 9.23. The minimum Gasteiger partial charge on any atom is -0.483 e. The maximum absolute atomic E-state index is 12.0. The average Bonchev–Trinajstić information content (AvgIpc) is 3.16. The first-order valence-corrected chi connectivity index (χ1v) is 9.61. The van der Waals surface area contributed by atoms with Gasteiger partial charge in [-0.1, -0.05) is 35.9 Å². The van der Waals surface area contributed by atoms with Gasteiger partial charge in [-0.25, -0.2) is 5.43 Å². The molecule has 0 unspecified atom stereocenters. The number of hydrogen-bond acceptors (Lipinski definition) is 4. The van der Waals surface area contributed by atoms with Gasteiger partial charge in [0, 0.05) is 10.6 Å². The maximum Gasteiger partial charge on any atom is 0.277 e. The summed E-state index contributed by atoms with van der Waals surface area (Å²) in [5.74, 6) is 1.58. The highest BCUT2D eigenvalue weighted by molar-refractivity contribution is 6.31. The van der Waals surface area contributed by atoms with Gasteiger partial charge in [0.2, 0.25) is 0 Å². The van der Waals surface area contributed by atoms with Crippen LogP contribution >= 0.6 is 11.6 Å². The Morgan fingerprint density at radius 1 is 1.07 bits per heavy atom. The van der Waals surface area contributed by atoms with Crippen LogP contribution in [-0.4, -0.2) is 18.7 Å². The van der Waals surface area contributed by atoms with E-state index in [1.807, 2.05) is 64.1 Å². The van der Waals surface area contributed by atoms with Crippen LogP contribution < -0.4 is 10.2 Å². The lowest BCUT2D eigenvalue weighted by Crippen LogP contribution is -2.25. The summed E-state index contributed by atoms with van der Waals surface area (Å²) < 4.78 is 11.4. The van der Waals surface area contributed by atoms with Gasteiger partial charge < -0.3 is 9.15 Å². The molecule has 0 aliphatic carbocycles. The minimum atomic E-state index is -0.348. The lowest BCUT2D eigenvalue weighted by atomic mass is 10.1. The van der Waals surface area contributed by atoms with Crippen LogP contribution in [0.3, 0.4) is 0 Å². The predicted octanol–water partition coefficient (Wildman–Crippen LogP) is 5.36. The quantitative estimate of drug-likeness (QED) is 0.439. The number of carbonyl (C=O) groups excluding carboxylic acids is 1. The highest BCUT2D eigenvalue weighted by Crippen LogP contribution is 2.27. The van der Waals surface area contributed by atoms with Gasteiger partial charge in [0.05, 0.1) is 6.21 Å². The summed E-state index contributed by atoms with van der Waals surface area (Å²) in [5.41, 5.74) is 7.46. The summed E-state index contributed by atoms with van der Waals surface area (Å²) in [6, 6.07) is 13.3. The SMILES string of the molecule is Cc1ccc(-c2ccc(/C=N\NC(=O)COc3c(C)ccc(C)c3C)o2)cc1Cl. The van der Waals surface area contributed by atoms with E-state index < -0.39 is 0 Å². The average molecular weight is 411 g/mol. The van der Waals surface area contributed by atoms with Crippen molar-refractivity contribution in [2.24, 2.45) is 5.10 Å². The number of benzene rings is 2. The summed E-state index contributed by atoms with van der Waals surface area (Å²) in [5, 5.41) is 4.61. The van der Waals surface area contributed by atoms with Crippen molar-refractivity contribution in [1.82, 2.24) is 5.43 Å². The molecular weight excluding hydrogens is 388 g/mol. The van der Waals surface area contributed by atoms with Crippen molar-refractivity contribution >= 4 is 23.7 Å². The summed E-state index contributed by atoms with van der Waals surface area (Å²) in [6.07, 6.45) is 1.44. The fourth-order valence-corrected chi connectivity index (χ4v) is 2.99. The van der Waals surface area contributed by atoms with Gasteiger partial charge in [0.25, 0.3) is 5.91 Å². The molecule has 3 rings (SSSR count). The van der Waals surface area contributed by atoms with E-state index in [4.69, 9.17) is 20.8 Å². The number of carbonyl (C=O) groups is 1. The molecule has 150 valence electrons. The summed E-state index contributed by atoms with van der Waals surface area (Å²) in [6.45, 7) is 7.76. The van der Waals surface area contributed by atoms with E-state index in [-0.39, 0.29) is 12.5 Å². The Balaban J connectivity index is 1.56. The number of hydrazone groups is 1. The van der Waals surface area contributed by atoms with Crippen LogP contribution in [0.1, 0.15) is 28.0 Å².